The maximum atomic E-state index is 5.42. The Labute approximate surface area is 142 Å². The van der Waals surface area contributed by atoms with E-state index in [4.69, 9.17) is 9.47 Å². The van der Waals surface area contributed by atoms with E-state index in [0.717, 1.165) is 55.6 Å². The molecule has 24 heavy (non-hydrogen) atoms. The van der Waals surface area contributed by atoms with Gasteiger partial charge in [-0.2, -0.15) is 0 Å². The molecule has 0 saturated carbocycles. The summed E-state index contributed by atoms with van der Waals surface area (Å²) in [5.74, 6) is 2.47. The quantitative estimate of drug-likeness (QED) is 0.878. The van der Waals surface area contributed by atoms with Crippen molar-refractivity contribution in [2.24, 2.45) is 0 Å². The van der Waals surface area contributed by atoms with Crippen LogP contribution in [0.4, 0.5) is 5.82 Å². The lowest BCUT2D eigenvalue weighted by Crippen LogP contribution is -2.34. The summed E-state index contributed by atoms with van der Waals surface area (Å²) >= 11 is 0. The van der Waals surface area contributed by atoms with E-state index in [9.17, 15) is 0 Å². The Morgan fingerprint density at radius 1 is 1.08 bits per heavy atom. The number of ether oxygens (including phenoxy) is 2. The molecule has 0 saturated heterocycles. The van der Waals surface area contributed by atoms with E-state index >= 15 is 0 Å². The number of anilines is 1. The average molecular weight is 328 g/mol. The summed E-state index contributed by atoms with van der Waals surface area (Å²) in [6.45, 7) is 5.75. The first kappa shape index (κ1) is 16.5. The summed E-state index contributed by atoms with van der Waals surface area (Å²) in [4.78, 5) is 11.0. The van der Waals surface area contributed by atoms with Gasteiger partial charge in [0.15, 0.2) is 11.5 Å². The molecule has 3 rings (SSSR count). The van der Waals surface area contributed by atoms with Gasteiger partial charge in [-0.1, -0.05) is 0 Å². The van der Waals surface area contributed by atoms with Crippen molar-refractivity contribution >= 4 is 5.82 Å². The molecular formula is C18H24N4O2. The summed E-state index contributed by atoms with van der Waals surface area (Å²) in [5, 5.41) is 3.37. The monoisotopic (exact) mass is 328 g/mol. The molecule has 2 heterocycles. The number of nitrogens with one attached hydrogen (secondary N) is 1. The van der Waals surface area contributed by atoms with Gasteiger partial charge in [-0.25, -0.2) is 4.98 Å². The van der Waals surface area contributed by atoms with E-state index < -0.39 is 0 Å². The van der Waals surface area contributed by atoms with Gasteiger partial charge in [-0.15, -0.1) is 0 Å². The highest BCUT2D eigenvalue weighted by Gasteiger charge is 2.19. The fourth-order valence-electron chi connectivity index (χ4n) is 3.05. The maximum absolute atomic E-state index is 5.42. The zero-order valence-corrected chi connectivity index (χ0v) is 14.5. The predicted octanol–water partition coefficient (Wildman–Crippen LogP) is 2.27. The van der Waals surface area contributed by atoms with Crippen LogP contribution in [0.1, 0.15) is 16.8 Å². The number of benzene rings is 1. The molecule has 0 unspecified atom stereocenters. The molecule has 1 aliphatic heterocycles. The molecule has 0 radical (unpaired) electrons. The minimum absolute atomic E-state index is 0.798. The first-order valence-corrected chi connectivity index (χ1v) is 8.19. The fourth-order valence-corrected chi connectivity index (χ4v) is 3.05. The number of nitrogens with zero attached hydrogens (tertiary/aromatic N) is 3. The molecule has 0 fully saturated rings. The van der Waals surface area contributed by atoms with Crippen molar-refractivity contribution in [3.8, 4) is 11.5 Å². The Kier molecular flexibility index (Phi) is 5.15. The number of hydrogen-bond donors (Lipinski definition) is 1. The second-order valence-electron chi connectivity index (χ2n) is 5.92. The minimum Gasteiger partial charge on any atom is -0.493 e. The highest BCUT2D eigenvalue weighted by molar-refractivity contribution is 5.48. The lowest BCUT2D eigenvalue weighted by Gasteiger charge is -2.29. The fraction of sp³-hybridized carbons (Fsp3) is 0.444. The Bertz CT molecular complexity index is 705. The van der Waals surface area contributed by atoms with Crippen molar-refractivity contribution in [1.29, 1.82) is 0 Å². The zero-order valence-electron chi connectivity index (χ0n) is 14.5. The van der Waals surface area contributed by atoms with Gasteiger partial charge >= 0.3 is 0 Å². The first-order chi connectivity index (χ1) is 11.7. The number of methoxy groups -OCH3 is 2. The molecule has 1 N–H and O–H groups in total. The van der Waals surface area contributed by atoms with E-state index in [1.807, 2.05) is 6.92 Å². The third kappa shape index (κ3) is 3.59. The highest BCUT2D eigenvalue weighted by Crippen LogP contribution is 2.33. The molecule has 0 atom stereocenters. The van der Waals surface area contributed by atoms with Crippen molar-refractivity contribution in [3.63, 3.8) is 0 Å². The average Bonchev–Trinajstić information content (AvgIpc) is 2.62. The molecule has 2 aromatic rings. The maximum Gasteiger partial charge on any atom is 0.161 e. The normalized spacial score (nSPS) is 14.1. The molecule has 0 bridgehead atoms. The lowest BCUT2D eigenvalue weighted by atomic mass is 9.99. The number of aromatic nitrogens is 2. The van der Waals surface area contributed by atoms with E-state index in [1.165, 1.54) is 11.1 Å². The molecule has 1 aromatic carbocycles. The molecule has 128 valence electrons. The summed E-state index contributed by atoms with van der Waals surface area (Å²) in [5.41, 5.74) is 3.59. The summed E-state index contributed by atoms with van der Waals surface area (Å²) < 4.78 is 10.8. The highest BCUT2D eigenvalue weighted by atomic mass is 16.5. The Morgan fingerprint density at radius 2 is 1.79 bits per heavy atom. The van der Waals surface area contributed by atoms with Gasteiger partial charge in [0.05, 0.1) is 19.9 Å². The van der Waals surface area contributed by atoms with Crippen molar-refractivity contribution in [2.45, 2.75) is 19.9 Å². The second kappa shape index (κ2) is 7.49. The molecule has 0 aliphatic carbocycles. The number of fused-ring (bicyclic) bond motifs is 1. The Morgan fingerprint density at radius 3 is 2.50 bits per heavy atom. The van der Waals surface area contributed by atoms with E-state index in [1.54, 1.807) is 26.6 Å². The Balaban J connectivity index is 1.60. The molecule has 6 heteroatoms. The van der Waals surface area contributed by atoms with E-state index in [2.05, 4.69) is 32.3 Å². The topological polar surface area (TPSA) is 59.5 Å². The van der Waals surface area contributed by atoms with Gasteiger partial charge < -0.3 is 14.8 Å². The number of rotatable bonds is 6. The third-order valence-corrected chi connectivity index (χ3v) is 4.40. The van der Waals surface area contributed by atoms with Crippen LogP contribution in [0.3, 0.4) is 0 Å². The van der Waals surface area contributed by atoms with Crippen LogP contribution >= 0.6 is 0 Å². The molecule has 1 aromatic heterocycles. The number of hydrogen-bond acceptors (Lipinski definition) is 6. The molecule has 1 aliphatic rings. The predicted molar refractivity (Wildman–Crippen MR) is 93.8 cm³/mol. The minimum atomic E-state index is 0.798. The number of aryl methyl sites for hydroxylation is 1. The summed E-state index contributed by atoms with van der Waals surface area (Å²) in [6, 6.07) is 4.20. The van der Waals surface area contributed by atoms with Crippen molar-refractivity contribution in [2.75, 3.05) is 39.2 Å². The molecule has 0 amide bonds. The standard InChI is InChI=1S/C18H24N4O2/c1-13-18(20-6-5-19-13)21-7-9-22-8-4-14-10-16(23-2)17(24-3)11-15(14)12-22/h5-6,10-11H,4,7-9,12H2,1-3H3,(H,20,21). The molecular weight excluding hydrogens is 304 g/mol. The van der Waals surface area contributed by atoms with E-state index in [0.29, 0.717) is 0 Å². The smallest absolute Gasteiger partial charge is 0.161 e. The van der Waals surface area contributed by atoms with Crippen molar-refractivity contribution < 1.29 is 9.47 Å². The van der Waals surface area contributed by atoms with Crippen molar-refractivity contribution in [3.05, 3.63) is 41.3 Å². The van der Waals surface area contributed by atoms with Crippen LogP contribution < -0.4 is 14.8 Å². The van der Waals surface area contributed by atoms with Crippen LogP contribution in [0.2, 0.25) is 0 Å². The van der Waals surface area contributed by atoms with Crippen LogP contribution in [-0.2, 0) is 13.0 Å². The summed E-state index contributed by atoms with van der Waals surface area (Å²) in [7, 11) is 3.36. The van der Waals surface area contributed by atoms with Gasteiger partial charge in [0.25, 0.3) is 0 Å². The Hall–Kier alpha value is -2.34. The van der Waals surface area contributed by atoms with Crippen LogP contribution in [0, 0.1) is 6.92 Å². The van der Waals surface area contributed by atoms with Gasteiger partial charge in [0.1, 0.15) is 5.82 Å². The van der Waals surface area contributed by atoms with Crippen molar-refractivity contribution in [1.82, 2.24) is 14.9 Å². The SMILES string of the molecule is COc1cc2c(cc1OC)CN(CCNc1nccnc1C)CC2. The second-order valence-corrected chi connectivity index (χ2v) is 5.92. The van der Waals surface area contributed by atoms with Gasteiger partial charge in [-0.3, -0.25) is 9.88 Å². The molecule has 6 nitrogen and oxygen atoms in total. The van der Waals surface area contributed by atoms with Gasteiger partial charge in [0, 0.05) is 38.6 Å². The zero-order chi connectivity index (χ0) is 16.9. The van der Waals surface area contributed by atoms with Crippen LogP contribution in [0.25, 0.3) is 0 Å². The van der Waals surface area contributed by atoms with Crippen LogP contribution in [0.15, 0.2) is 24.5 Å². The largest absolute Gasteiger partial charge is 0.493 e. The lowest BCUT2D eigenvalue weighted by molar-refractivity contribution is 0.262. The summed E-state index contributed by atoms with van der Waals surface area (Å²) in [6.07, 6.45) is 4.45. The van der Waals surface area contributed by atoms with Crippen LogP contribution in [0.5, 0.6) is 11.5 Å². The third-order valence-electron chi connectivity index (χ3n) is 4.40. The first-order valence-electron chi connectivity index (χ1n) is 8.19. The van der Waals surface area contributed by atoms with Gasteiger partial charge in [-0.05, 0) is 36.6 Å². The van der Waals surface area contributed by atoms with Gasteiger partial charge in [0.2, 0.25) is 0 Å². The van der Waals surface area contributed by atoms with E-state index in [-0.39, 0.29) is 0 Å². The molecule has 0 spiro atoms. The van der Waals surface area contributed by atoms with Crippen LogP contribution in [-0.4, -0.2) is 48.7 Å².